The summed E-state index contributed by atoms with van der Waals surface area (Å²) in [6.07, 6.45) is 0. The van der Waals surface area contributed by atoms with Crippen LogP contribution in [0.3, 0.4) is 0 Å². The molecule has 6 nitrogen and oxygen atoms in total. The van der Waals surface area contributed by atoms with Crippen molar-refractivity contribution < 1.29 is 9.47 Å². The number of benzene rings is 1. The maximum absolute atomic E-state index is 5.35. The molecule has 0 bridgehead atoms. The number of methoxy groups -OCH3 is 1. The van der Waals surface area contributed by atoms with Gasteiger partial charge >= 0.3 is 0 Å². The lowest BCUT2D eigenvalue weighted by atomic mass is 10.2. The minimum absolute atomic E-state index is 0.669. The van der Waals surface area contributed by atoms with E-state index in [4.69, 9.17) is 9.47 Å². The Morgan fingerprint density at radius 3 is 2.62 bits per heavy atom. The Hall–Kier alpha value is -1.60. The van der Waals surface area contributed by atoms with Gasteiger partial charge in [-0.3, -0.25) is 0 Å². The van der Waals surface area contributed by atoms with Gasteiger partial charge in [0.05, 0.1) is 26.9 Å². The standard InChI is InChI=1S/C14H17BrN4O2/c1-20-12-4-2-11(3-5-12)10-19-13(15)16-14(17-19)18-6-8-21-9-7-18/h2-5H,6-10H2,1H3. The van der Waals surface area contributed by atoms with Crippen LogP contribution >= 0.6 is 15.9 Å². The van der Waals surface area contributed by atoms with Crippen LogP contribution in [0.25, 0.3) is 0 Å². The number of hydrogen-bond donors (Lipinski definition) is 0. The molecule has 0 atom stereocenters. The average molecular weight is 353 g/mol. The second-order valence-corrected chi connectivity index (χ2v) is 5.50. The molecule has 7 heteroatoms. The van der Waals surface area contributed by atoms with Crippen LogP contribution in [0.1, 0.15) is 5.56 Å². The summed E-state index contributed by atoms with van der Waals surface area (Å²) >= 11 is 3.48. The smallest absolute Gasteiger partial charge is 0.245 e. The van der Waals surface area contributed by atoms with Crippen LogP contribution in [0, 0.1) is 0 Å². The Labute approximate surface area is 131 Å². The highest BCUT2D eigenvalue weighted by molar-refractivity contribution is 9.10. The normalized spacial score (nSPS) is 15.2. The largest absolute Gasteiger partial charge is 0.497 e. The molecule has 1 aromatic heterocycles. The number of rotatable bonds is 4. The maximum Gasteiger partial charge on any atom is 0.245 e. The Bertz CT molecular complexity index is 594. The van der Waals surface area contributed by atoms with E-state index >= 15 is 0 Å². The van der Waals surface area contributed by atoms with Crippen molar-refractivity contribution in [1.29, 1.82) is 0 Å². The van der Waals surface area contributed by atoms with Gasteiger partial charge in [0.1, 0.15) is 5.75 Å². The summed E-state index contributed by atoms with van der Waals surface area (Å²) in [4.78, 5) is 6.62. The average Bonchev–Trinajstić information content (AvgIpc) is 2.90. The number of hydrogen-bond acceptors (Lipinski definition) is 5. The fraction of sp³-hybridized carbons (Fsp3) is 0.429. The molecule has 1 aliphatic heterocycles. The summed E-state index contributed by atoms with van der Waals surface area (Å²) in [6.45, 7) is 3.79. The van der Waals surface area contributed by atoms with E-state index in [0.717, 1.165) is 48.3 Å². The molecule has 1 fully saturated rings. The molecule has 0 aliphatic carbocycles. The molecular weight excluding hydrogens is 336 g/mol. The van der Waals surface area contributed by atoms with E-state index in [2.05, 4.69) is 30.9 Å². The lowest BCUT2D eigenvalue weighted by Crippen LogP contribution is -2.37. The Balaban J connectivity index is 1.74. The quantitative estimate of drug-likeness (QED) is 0.841. The molecule has 1 aromatic carbocycles. The molecule has 0 spiro atoms. The van der Waals surface area contributed by atoms with E-state index in [1.54, 1.807) is 7.11 Å². The molecular formula is C14H17BrN4O2. The van der Waals surface area contributed by atoms with Crippen LogP contribution in [-0.4, -0.2) is 48.2 Å². The predicted octanol–water partition coefficient (Wildman–Crippen LogP) is 1.93. The highest BCUT2D eigenvalue weighted by atomic mass is 79.9. The molecule has 2 aromatic rings. The number of morpholine rings is 1. The summed E-state index contributed by atoms with van der Waals surface area (Å²) in [5, 5.41) is 4.57. The van der Waals surface area contributed by atoms with Crippen LogP contribution in [0.15, 0.2) is 29.0 Å². The van der Waals surface area contributed by atoms with Gasteiger partial charge in [0.25, 0.3) is 0 Å². The zero-order chi connectivity index (χ0) is 14.7. The molecule has 3 rings (SSSR count). The molecule has 0 unspecified atom stereocenters. The third kappa shape index (κ3) is 3.36. The number of ether oxygens (including phenoxy) is 2. The van der Waals surface area contributed by atoms with E-state index in [-0.39, 0.29) is 0 Å². The van der Waals surface area contributed by atoms with Crippen molar-refractivity contribution >= 4 is 21.9 Å². The summed E-state index contributed by atoms with van der Waals surface area (Å²) in [7, 11) is 1.66. The van der Waals surface area contributed by atoms with Crippen molar-refractivity contribution in [2.75, 3.05) is 38.3 Å². The van der Waals surface area contributed by atoms with Crippen LogP contribution in [0.5, 0.6) is 5.75 Å². The van der Waals surface area contributed by atoms with Crippen molar-refractivity contribution in [3.8, 4) is 5.75 Å². The van der Waals surface area contributed by atoms with Crippen molar-refractivity contribution in [2.45, 2.75) is 6.54 Å². The van der Waals surface area contributed by atoms with Crippen LogP contribution < -0.4 is 9.64 Å². The lowest BCUT2D eigenvalue weighted by molar-refractivity contribution is 0.122. The highest BCUT2D eigenvalue weighted by Crippen LogP contribution is 2.18. The van der Waals surface area contributed by atoms with Crippen LogP contribution in [0.2, 0.25) is 0 Å². The van der Waals surface area contributed by atoms with Gasteiger partial charge in [0.2, 0.25) is 5.95 Å². The number of anilines is 1. The van der Waals surface area contributed by atoms with Gasteiger partial charge in [0.15, 0.2) is 4.73 Å². The minimum Gasteiger partial charge on any atom is -0.497 e. The predicted molar refractivity (Wildman–Crippen MR) is 82.9 cm³/mol. The van der Waals surface area contributed by atoms with E-state index in [1.165, 1.54) is 0 Å². The fourth-order valence-corrected chi connectivity index (χ4v) is 2.58. The van der Waals surface area contributed by atoms with E-state index in [0.29, 0.717) is 6.54 Å². The molecule has 1 aliphatic rings. The van der Waals surface area contributed by atoms with Crippen molar-refractivity contribution in [1.82, 2.24) is 14.8 Å². The first-order valence-electron chi connectivity index (χ1n) is 6.82. The first kappa shape index (κ1) is 14.3. The second kappa shape index (κ2) is 6.44. The summed E-state index contributed by atoms with van der Waals surface area (Å²) in [6, 6.07) is 7.95. The zero-order valence-electron chi connectivity index (χ0n) is 11.8. The third-order valence-electron chi connectivity index (χ3n) is 3.40. The van der Waals surface area contributed by atoms with Crippen LogP contribution in [-0.2, 0) is 11.3 Å². The summed E-state index contributed by atoms with van der Waals surface area (Å²) in [5.41, 5.74) is 1.15. The van der Waals surface area contributed by atoms with Gasteiger partial charge in [0, 0.05) is 13.1 Å². The van der Waals surface area contributed by atoms with E-state index in [9.17, 15) is 0 Å². The molecule has 0 N–H and O–H groups in total. The first-order valence-corrected chi connectivity index (χ1v) is 7.61. The molecule has 0 radical (unpaired) electrons. The van der Waals surface area contributed by atoms with Gasteiger partial charge in [-0.25, -0.2) is 4.68 Å². The molecule has 21 heavy (non-hydrogen) atoms. The SMILES string of the molecule is COc1ccc(Cn2nc(N3CCOCC3)nc2Br)cc1. The maximum atomic E-state index is 5.35. The number of halogens is 1. The molecule has 0 amide bonds. The first-order chi connectivity index (χ1) is 10.3. The van der Waals surface area contributed by atoms with E-state index < -0.39 is 0 Å². The van der Waals surface area contributed by atoms with Crippen molar-refractivity contribution in [2.24, 2.45) is 0 Å². The summed E-state index contributed by atoms with van der Waals surface area (Å²) in [5.74, 6) is 1.60. The molecule has 2 heterocycles. The Morgan fingerprint density at radius 2 is 1.95 bits per heavy atom. The Kier molecular flexibility index (Phi) is 4.40. The van der Waals surface area contributed by atoms with Gasteiger partial charge in [-0.15, -0.1) is 5.10 Å². The number of nitrogens with zero attached hydrogens (tertiary/aromatic N) is 4. The van der Waals surface area contributed by atoms with Crippen molar-refractivity contribution in [3.05, 3.63) is 34.6 Å². The topological polar surface area (TPSA) is 52.4 Å². The highest BCUT2D eigenvalue weighted by Gasteiger charge is 2.17. The fourth-order valence-electron chi connectivity index (χ4n) is 2.21. The third-order valence-corrected chi connectivity index (χ3v) is 3.99. The Morgan fingerprint density at radius 1 is 1.24 bits per heavy atom. The second-order valence-electron chi connectivity index (χ2n) is 4.79. The van der Waals surface area contributed by atoms with Gasteiger partial charge in [-0.05, 0) is 33.6 Å². The summed E-state index contributed by atoms with van der Waals surface area (Å²) < 4.78 is 13.1. The van der Waals surface area contributed by atoms with Crippen LogP contribution in [0.4, 0.5) is 5.95 Å². The molecule has 0 saturated carbocycles. The van der Waals surface area contributed by atoms with Gasteiger partial charge in [-0.1, -0.05) is 12.1 Å². The zero-order valence-corrected chi connectivity index (χ0v) is 13.4. The lowest BCUT2D eigenvalue weighted by Gasteiger charge is -2.25. The van der Waals surface area contributed by atoms with E-state index in [1.807, 2.05) is 28.9 Å². The molecule has 1 saturated heterocycles. The molecule has 112 valence electrons. The van der Waals surface area contributed by atoms with Gasteiger partial charge in [-0.2, -0.15) is 4.98 Å². The van der Waals surface area contributed by atoms with Gasteiger partial charge < -0.3 is 14.4 Å². The minimum atomic E-state index is 0.669. The van der Waals surface area contributed by atoms with Crippen molar-refractivity contribution in [3.63, 3.8) is 0 Å². The monoisotopic (exact) mass is 352 g/mol. The number of aromatic nitrogens is 3.